The maximum absolute atomic E-state index is 14.3. The number of epoxide rings is 1. The zero-order valence-corrected chi connectivity index (χ0v) is 65.7. The molecular formula is C75H115ClN10O23. The zero-order valence-electron chi connectivity index (χ0n) is 65.0. The van der Waals surface area contributed by atoms with Crippen molar-refractivity contribution in [2.45, 2.75) is 167 Å². The van der Waals surface area contributed by atoms with Gasteiger partial charge in [-0.05, 0) is 87.3 Å². The summed E-state index contributed by atoms with van der Waals surface area (Å²) < 4.78 is 67.9. The van der Waals surface area contributed by atoms with Gasteiger partial charge in [-0.25, -0.2) is 19.2 Å². The molecule has 2 aromatic carbocycles. The van der Waals surface area contributed by atoms with Crippen LogP contribution in [-0.4, -0.2) is 263 Å². The molecule has 4 bridgehead atoms. The first-order valence-electron chi connectivity index (χ1n) is 37.0. The SMILES string of the molecule is CCC(CC)C(=O)NCCOCCOCCOCCOCCOCCOCCC(=O)N[C@H](C(=O)N[C@@H](CCCNC(N)=O)C(=O)Nc1ccc(COC(=O)N(C)CCC(=O)N(C)[C@@H](C)C(=O)O[C@@H]2CC(=O)N(C)c3cc(cc(OC)c3Cl)C/C(C)=C/C=C/[C@@H](OC)[C@@]3(O)C[C@H](OC(=O)N3)[C@@H](C)[C@@H]3O[C@H]32)cc1)C(C)C. The van der Waals surface area contributed by atoms with Crippen LogP contribution in [-0.2, 0) is 98.7 Å². The van der Waals surface area contributed by atoms with Crippen molar-refractivity contribution in [3.8, 4) is 5.75 Å². The number of esters is 1. The van der Waals surface area contributed by atoms with Gasteiger partial charge >= 0.3 is 24.2 Å². The number of methoxy groups -OCH3 is 2. The fourth-order valence-electron chi connectivity index (χ4n) is 11.8. The maximum Gasteiger partial charge on any atom is 0.409 e. The number of rotatable bonds is 44. The molecule has 0 spiro atoms. The van der Waals surface area contributed by atoms with Gasteiger partial charge in [-0.15, -0.1) is 0 Å². The number of carbonyl (C=O) groups excluding carboxylic acids is 10. The van der Waals surface area contributed by atoms with Crippen LogP contribution in [0.15, 0.2) is 60.2 Å². The van der Waals surface area contributed by atoms with Gasteiger partial charge in [-0.1, -0.05) is 82.2 Å². The average Bonchev–Trinajstić information content (AvgIpc) is 1.62. The lowest BCUT2D eigenvalue weighted by Gasteiger charge is -2.41. The van der Waals surface area contributed by atoms with Crippen molar-refractivity contribution in [2.24, 2.45) is 23.5 Å². The first kappa shape index (κ1) is 91.4. The van der Waals surface area contributed by atoms with Gasteiger partial charge in [-0.3, -0.25) is 34.1 Å². The summed E-state index contributed by atoms with van der Waals surface area (Å²) in [5, 5.41) is 28.1. The van der Waals surface area contributed by atoms with Crippen molar-refractivity contribution in [3.05, 3.63) is 76.3 Å². The molecule has 10 amide bonds. The Bertz CT molecular complexity index is 3330. The number of alkyl carbamates (subject to hydrolysis) is 1. The van der Waals surface area contributed by atoms with E-state index in [0.29, 0.717) is 95.1 Å². The lowest BCUT2D eigenvalue weighted by Crippen LogP contribution is -2.63. The van der Waals surface area contributed by atoms with Gasteiger partial charge in [-0.2, -0.15) is 0 Å². The lowest BCUT2D eigenvalue weighted by atomic mass is 9.87. The van der Waals surface area contributed by atoms with E-state index in [1.807, 2.05) is 26.8 Å². The third-order valence-electron chi connectivity index (χ3n) is 18.6. The van der Waals surface area contributed by atoms with Gasteiger partial charge in [0.25, 0.3) is 0 Å². The molecular weight excluding hydrogens is 1440 g/mol. The minimum Gasteiger partial charge on any atom is -0.495 e. The molecule has 0 aromatic heterocycles. The smallest absolute Gasteiger partial charge is 0.409 e. The number of halogens is 1. The molecule has 34 heteroatoms. The number of nitrogens with two attached hydrogens (primary N) is 1. The van der Waals surface area contributed by atoms with E-state index in [-0.39, 0.29) is 88.5 Å². The van der Waals surface area contributed by atoms with E-state index in [2.05, 4.69) is 31.9 Å². The molecule has 9 N–H and O–H groups in total. The average molecular weight is 1560 g/mol. The number of hydrogen-bond acceptors (Lipinski definition) is 23. The van der Waals surface area contributed by atoms with Crippen LogP contribution in [0.25, 0.3) is 0 Å². The number of carbonyl (C=O) groups is 10. The summed E-state index contributed by atoms with van der Waals surface area (Å²) >= 11 is 6.82. The molecule has 33 nitrogen and oxygen atoms in total. The number of urea groups is 1. The van der Waals surface area contributed by atoms with Gasteiger partial charge in [0.2, 0.25) is 35.4 Å². The van der Waals surface area contributed by atoms with E-state index in [0.717, 1.165) is 28.9 Å². The van der Waals surface area contributed by atoms with Crippen LogP contribution in [0.5, 0.6) is 5.75 Å². The standard InChI is InChI=1S/C75H115ClN10O23/c1-13-53(14-2)68(90)78-27-30-101-32-34-103-36-38-105-40-39-104-37-35-102-33-31-100-29-25-61(87)82-65(47(3)4)70(92)81-55(18-16-26-79-72(77)94)69(91)80-54-22-20-51(21-23-54)46-106-74(96)84(8)28-24-62(88)85(9)50(7)71(93)107-58-44-63(89)86(10)56-42-52(43-57(98-11)64(56)76)41-48(5)17-15-19-60(99-12)75(97)45-59(108-73(95)83-75)49(6)66-67(58)109-66/h15,17,19-23,42-43,47,49-50,53,55,58-60,65-67,97H,13-14,16,18,24-41,44-46H2,1-12H3,(H,78,90)(H,80,91)(H,81,92)(H,82,87)(H,83,95)(H3,77,79,94)/b19-15+,48-17+/t49-,50+,55+,58-,59+,60-,65+,66+,67+,75+/m1/s1. The van der Waals surface area contributed by atoms with Crippen molar-refractivity contribution in [2.75, 3.05) is 144 Å². The number of nitrogens with zero attached hydrogens (tertiary/aromatic N) is 3. The van der Waals surface area contributed by atoms with Gasteiger partial charge < -0.3 is 109 Å². The second-order valence-corrected chi connectivity index (χ2v) is 27.6. The summed E-state index contributed by atoms with van der Waals surface area (Å²) in [5.41, 5.74) is 6.15. The Morgan fingerprint density at radius 3 is 2.00 bits per heavy atom. The van der Waals surface area contributed by atoms with Gasteiger partial charge in [0.1, 0.15) is 59.9 Å². The number of primary amides is 1. The van der Waals surface area contributed by atoms with E-state index in [1.165, 1.54) is 52.1 Å². The molecule has 10 atom stereocenters. The summed E-state index contributed by atoms with van der Waals surface area (Å²) in [6.45, 7) is 16.8. The molecule has 0 unspecified atom stereocenters. The van der Waals surface area contributed by atoms with Gasteiger partial charge in [0.05, 0.1) is 105 Å². The van der Waals surface area contributed by atoms with Gasteiger partial charge in [0.15, 0.2) is 5.72 Å². The number of likely N-dealkylation sites (N-methyl/N-ethyl adjacent to an activating group) is 1. The number of nitrogens with one attached hydrogen (secondary N) is 6. The summed E-state index contributed by atoms with van der Waals surface area (Å²) in [7, 11) is 7.19. The topological polar surface area (TPSA) is 413 Å². The summed E-state index contributed by atoms with van der Waals surface area (Å²) in [6.07, 6.45) is 0.188. The number of hydrogen-bond donors (Lipinski definition) is 8. The Kier molecular flexibility index (Phi) is 40.0. The van der Waals surface area contributed by atoms with Crippen molar-refractivity contribution < 1.29 is 110 Å². The number of allylic oxidation sites excluding steroid dienone is 3. The first-order valence-corrected chi connectivity index (χ1v) is 37.4. The van der Waals surface area contributed by atoms with E-state index < -0.39 is 126 Å². The van der Waals surface area contributed by atoms with E-state index in [4.69, 9.17) is 74.2 Å². The van der Waals surface area contributed by atoms with E-state index >= 15 is 0 Å². The van der Waals surface area contributed by atoms with Crippen molar-refractivity contribution in [1.82, 2.24) is 36.4 Å². The van der Waals surface area contributed by atoms with Crippen molar-refractivity contribution in [3.63, 3.8) is 0 Å². The molecule has 109 heavy (non-hydrogen) atoms. The second-order valence-electron chi connectivity index (χ2n) is 27.2. The molecule has 3 aliphatic rings. The summed E-state index contributed by atoms with van der Waals surface area (Å²) in [4.78, 5) is 136. The molecule has 2 saturated heterocycles. The highest BCUT2D eigenvalue weighted by Crippen LogP contribution is 2.42. The Labute approximate surface area is 643 Å². The third kappa shape index (κ3) is 31.2. The normalized spacial score (nSPS) is 20.8. The third-order valence-corrected chi connectivity index (χ3v) is 19.0. The highest BCUT2D eigenvalue weighted by molar-refractivity contribution is 6.35. The number of ether oxygens (including phenoxy) is 12. The highest BCUT2D eigenvalue weighted by Gasteiger charge is 2.56. The molecule has 0 saturated carbocycles. The predicted molar refractivity (Wildman–Crippen MR) is 401 cm³/mol. The highest BCUT2D eigenvalue weighted by atomic mass is 35.5. The van der Waals surface area contributed by atoms with E-state index in [9.17, 15) is 53.1 Å². The number of amides is 10. The minimum atomic E-state index is -1.90. The largest absolute Gasteiger partial charge is 0.495 e. The van der Waals surface area contributed by atoms with Crippen LogP contribution < -0.4 is 47.3 Å². The molecule has 5 rings (SSSR count). The van der Waals surface area contributed by atoms with Crippen LogP contribution in [0.1, 0.15) is 111 Å². The van der Waals surface area contributed by atoms with Crippen LogP contribution in [0.4, 0.5) is 25.8 Å². The fourth-order valence-corrected chi connectivity index (χ4v) is 12.1. The summed E-state index contributed by atoms with van der Waals surface area (Å²) in [6, 6.07) is 5.71. The minimum absolute atomic E-state index is 0.0350. The Balaban J connectivity index is 1.04. The Morgan fingerprint density at radius 2 is 1.41 bits per heavy atom. The van der Waals surface area contributed by atoms with Crippen LogP contribution in [0.2, 0.25) is 5.02 Å². The molecule has 2 aromatic rings. The van der Waals surface area contributed by atoms with Crippen molar-refractivity contribution >= 4 is 82.6 Å². The Hall–Kier alpha value is -8.25. The van der Waals surface area contributed by atoms with E-state index in [1.54, 1.807) is 69.3 Å². The molecule has 0 radical (unpaired) electrons. The zero-order chi connectivity index (χ0) is 80.2. The van der Waals surface area contributed by atoms with Crippen molar-refractivity contribution in [1.29, 1.82) is 0 Å². The maximum atomic E-state index is 14.3. The second kappa shape index (κ2) is 47.7. The fraction of sp³-hybridized carbons (Fsp3) is 0.653. The molecule has 3 heterocycles. The molecule has 3 aliphatic heterocycles. The number of benzene rings is 2. The number of aliphatic hydroxyl groups is 1. The summed E-state index contributed by atoms with van der Waals surface area (Å²) in [5.74, 6) is -4.20. The first-order chi connectivity index (χ1) is 52.0. The van der Waals surface area contributed by atoms with Crippen LogP contribution in [0.3, 0.4) is 0 Å². The molecule has 0 aliphatic carbocycles. The quantitative estimate of drug-likeness (QED) is 0.0190. The molecule has 2 fully saturated rings. The molecule has 610 valence electrons. The monoisotopic (exact) mass is 1560 g/mol. The van der Waals surface area contributed by atoms with Gasteiger partial charge in [0, 0.05) is 84.7 Å². The Morgan fingerprint density at radius 1 is 0.798 bits per heavy atom. The lowest BCUT2D eigenvalue weighted by molar-refractivity contribution is -0.160. The van der Waals surface area contributed by atoms with Crippen LogP contribution in [0, 0.1) is 17.8 Å². The predicted octanol–water partition coefficient (Wildman–Crippen LogP) is 4.84. The number of anilines is 2. The van der Waals surface area contributed by atoms with Crippen LogP contribution >= 0.6 is 11.6 Å². The number of fused-ring (bicyclic) bond motifs is 5.